The van der Waals surface area contributed by atoms with E-state index in [9.17, 15) is 0 Å². The van der Waals surface area contributed by atoms with Gasteiger partial charge >= 0.3 is 0 Å². The summed E-state index contributed by atoms with van der Waals surface area (Å²) in [5.41, 5.74) is 0. The fourth-order valence-electron chi connectivity index (χ4n) is 1.28. The van der Waals surface area contributed by atoms with Crippen LogP contribution in [0, 0.1) is 5.92 Å². The summed E-state index contributed by atoms with van der Waals surface area (Å²) in [6.07, 6.45) is 1.98. The molecule has 0 N–H and O–H groups in total. The van der Waals surface area contributed by atoms with Gasteiger partial charge in [-0.3, -0.25) is 4.99 Å². The third-order valence-corrected chi connectivity index (χ3v) is 4.23. The second kappa shape index (κ2) is 6.47. The van der Waals surface area contributed by atoms with E-state index in [2.05, 4.69) is 56.0 Å². The van der Waals surface area contributed by atoms with Crippen LogP contribution >= 0.6 is 11.3 Å². The Morgan fingerprint density at radius 2 is 2.12 bits per heavy atom. The van der Waals surface area contributed by atoms with Crippen molar-refractivity contribution in [2.24, 2.45) is 10.9 Å². The number of nitrogens with zero attached hydrogens (tertiary/aromatic N) is 1. The lowest BCUT2D eigenvalue weighted by Gasteiger charge is -2.23. The first-order valence-corrected chi connectivity index (χ1v) is 10.4. The highest BCUT2D eigenvalue weighted by Gasteiger charge is 2.18. The molecule has 0 radical (unpaired) electrons. The fraction of sp³-hybridized carbons (Fsp3) is 0.615. The van der Waals surface area contributed by atoms with Crippen molar-refractivity contribution in [1.82, 2.24) is 0 Å². The minimum Gasteiger partial charge on any atom is -0.415 e. The van der Waals surface area contributed by atoms with Crippen molar-refractivity contribution in [1.29, 1.82) is 0 Å². The van der Waals surface area contributed by atoms with E-state index in [1.807, 2.05) is 6.21 Å². The van der Waals surface area contributed by atoms with E-state index in [0.29, 0.717) is 5.92 Å². The van der Waals surface area contributed by atoms with Gasteiger partial charge in [-0.15, -0.1) is 11.3 Å². The van der Waals surface area contributed by atoms with Crippen LogP contribution in [0.5, 0.6) is 0 Å². The van der Waals surface area contributed by atoms with E-state index in [-0.39, 0.29) is 6.04 Å². The van der Waals surface area contributed by atoms with E-state index in [1.165, 1.54) is 4.88 Å². The van der Waals surface area contributed by atoms with Gasteiger partial charge in [0.25, 0.3) is 0 Å². The summed E-state index contributed by atoms with van der Waals surface area (Å²) in [6, 6.07) is 4.41. The van der Waals surface area contributed by atoms with Crippen LogP contribution in [0.4, 0.5) is 0 Å². The average Bonchev–Trinajstić information content (AvgIpc) is 2.68. The minimum atomic E-state index is -1.43. The molecule has 96 valence electrons. The van der Waals surface area contributed by atoms with Crippen LogP contribution in [0.1, 0.15) is 18.7 Å². The van der Waals surface area contributed by atoms with Crippen molar-refractivity contribution >= 4 is 25.9 Å². The second-order valence-electron chi connectivity index (χ2n) is 5.53. The van der Waals surface area contributed by atoms with Crippen LogP contribution in [-0.2, 0) is 4.43 Å². The zero-order valence-electron chi connectivity index (χ0n) is 11.4. The Morgan fingerprint density at radius 3 is 2.59 bits per heavy atom. The molecule has 0 unspecified atom stereocenters. The van der Waals surface area contributed by atoms with Crippen LogP contribution in [0.15, 0.2) is 22.5 Å². The van der Waals surface area contributed by atoms with Gasteiger partial charge in [-0.25, -0.2) is 0 Å². The highest BCUT2D eigenvalue weighted by molar-refractivity contribution is 7.11. The van der Waals surface area contributed by atoms with Gasteiger partial charge in [-0.1, -0.05) is 19.9 Å². The molecular weight excluding hydrogens is 246 g/mol. The van der Waals surface area contributed by atoms with Gasteiger partial charge in [0.15, 0.2) is 8.32 Å². The second-order valence-corrected chi connectivity index (χ2v) is 11.0. The van der Waals surface area contributed by atoms with Crippen molar-refractivity contribution in [3.05, 3.63) is 22.4 Å². The Morgan fingerprint density at radius 1 is 1.41 bits per heavy atom. The molecule has 0 aromatic carbocycles. The predicted octanol–water partition coefficient (Wildman–Crippen LogP) is 4.04. The highest BCUT2D eigenvalue weighted by atomic mass is 32.1. The monoisotopic (exact) mass is 269 g/mol. The van der Waals surface area contributed by atoms with Gasteiger partial charge in [0.1, 0.15) is 0 Å². The minimum absolute atomic E-state index is 0.267. The molecular formula is C13H23NOSSi. The van der Waals surface area contributed by atoms with E-state index < -0.39 is 8.32 Å². The topological polar surface area (TPSA) is 21.6 Å². The molecule has 0 bridgehead atoms. The number of rotatable bonds is 6. The summed E-state index contributed by atoms with van der Waals surface area (Å²) in [5.74, 6) is 0.516. The molecule has 1 rings (SSSR count). The number of thiophene rings is 1. The molecule has 0 saturated carbocycles. The molecule has 0 saturated heterocycles. The lowest BCUT2D eigenvalue weighted by Crippen LogP contribution is -2.31. The third kappa shape index (κ3) is 6.15. The van der Waals surface area contributed by atoms with Gasteiger partial charge < -0.3 is 4.43 Å². The molecule has 17 heavy (non-hydrogen) atoms. The summed E-state index contributed by atoms with van der Waals surface area (Å²) in [4.78, 5) is 5.86. The smallest absolute Gasteiger partial charge is 0.183 e. The van der Waals surface area contributed by atoms with Crippen molar-refractivity contribution < 1.29 is 4.43 Å². The Hall–Kier alpha value is -0.453. The largest absolute Gasteiger partial charge is 0.415 e. The standard InChI is InChI=1S/C13H23NOSSi/c1-11(2)13(10-15-17(3,4)5)14-9-12-7-6-8-16-12/h6-9,11,13H,10H2,1-5H3/t13-/m0/s1. The molecule has 0 aliphatic carbocycles. The lowest BCUT2D eigenvalue weighted by atomic mass is 10.1. The molecule has 1 atom stereocenters. The molecule has 1 aromatic heterocycles. The fourth-order valence-corrected chi connectivity index (χ4v) is 2.54. The SMILES string of the molecule is CC(C)[C@H](CO[Si](C)(C)C)N=Cc1cccs1. The number of hydrogen-bond acceptors (Lipinski definition) is 3. The molecule has 1 aromatic rings. The van der Waals surface area contributed by atoms with E-state index in [4.69, 9.17) is 4.43 Å². The van der Waals surface area contributed by atoms with Gasteiger partial charge in [0, 0.05) is 11.1 Å². The maximum atomic E-state index is 5.95. The summed E-state index contributed by atoms with van der Waals surface area (Å²) in [6.45, 7) is 11.8. The van der Waals surface area contributed by atoms with Gasteiger partial charge in [0.2, 0.25) is 0 Å². The quantitative estimate of drug-likeness (QED) is 0.564. The molecule has 2 nitrogen and oxygen atoms in total. The van der Waals surface area contributed by atoms with Crippen LogP contribution in [0.2, 0.25) is 19.6 Å². The Balaban J connectivity index is 2.55. The first-order chi connectivity index (χ1) is 7.88. The molecule has 0 fully saturated rings. The summed E-state index contributed by atoms with van der Waals surface area (Å²) in [7, 11) is -1.43. The highest BCUT2D eigenvalue weighted by Crippen LogP contribution is 2.12. The Bertz CT molecular complexity index is 341. The van der Waals surface area contributed by atoms with Crippen molar-refractivity contribution in [2.75, 3.05) is 6.61 Å². The van der Waals surface area contributed by atoms with Gasteiger partial charge in [-0.05, 0) is 37.0 Å². The predicted molar refractivity (Wildman–Crippen MR) is 79.8 cm³/mol. The van der Waals surface area contributed by atoms with Crippen LogP contribution in [-0.4, -0.2) is 27.2 Å². The molecule has 0 amide bonds. The molecule has 1 heterocycles. The molecule has 4 heteroatoms. The van der Waals surface area contributed by atoms with Gasteiger partial charge in [0.05, 0.1) is 12.6 Å². The number of aliphatic imine (C=N–C) groups is 1. The van der Waals surface area contributed by atoms with Crippen molar-refractivity contribution in [2.45, 2.75) is 39.5 Å². The Labute approximate surface area is 110 Å². The third-order valence-electron chi connectivity index (χ3n) is 2.39. The molecule has 0 spiro atoms. The van der Waals surface area contributed by atoms with Crippen molar-refractivity contribution in [3.8, 4) is 0 Å². The van der Waals surface area contributed by atoms with Crippen LogP contribution < -0.4 is 0 Å². The maximum Gasteiger partial charge on any atom is 0.183 e. The van der Waals surface area contributed by atoms with E-state index in [0.717, 1.165) is 6.61 Å². The molecule has 0 aliphatic rings. The first kappa shape index (κ1) is 14.6. The van der Waals surface area contributed by atoms with Crippen LogP contribution in [0.25, 0.3) is 0 Å². The summed E-state index contributed by atoms with van der Waals surface area (Å²) in [5, 5.41) is 2.07. The van der Waals surface area contributed by atoms with Crippen molar-refractivity contribution in [3.63, 3.8) is 0 Å². The summed E-state index contributed by atoms with van der Waals surface area (Å²) < 4.78 is 5.95. The van der Waals surface area contributed by atoms with Crippen LogP contribution in [0.3, 0.4) is 0 Å². The first-order valence-electron chi connectivity index (χ1n) is 6.09. The van der Waals surface area contributed by atoms with Gasteiger partial charge in [-0.2, -0.15) is 0 Å². The Kier molecular flexibility index (Phi) is 5.56. The maximum absolute atomic E-state index is 5.95. The normalized spacial score (nSPS) is 14.7. The summed E-state index contributed by atoms with van der Waals surface area (Å²) >= 11 is 1.72. The molecule has 0 aliphatic heterocycles. The number of hydrogen-bond donors (Lipinski definition) is 0. The lowest BCUT2D eigenvalue weighted by molar-refractivity contribution is 0.255. The van der Waals surface area contributed by atoms with E-state index >= 15 is 0 Å². The average molecular weight is 269 g/mol. The zero-order valence-corrected chi connectivity index (χ0v) is 13.3. The zero-order chi connectivity index (χ0) is 12.9. The van der Waals surface area contributed by atoms with E-state index in [1.54, 1.807) is 11.3 Å².